The van der Waals surface area contributed by atoms with Crippen LogP contribution in [0.3, 0.4) is 0 Å². The number of rotatable bonds is 3. The predicted molar refractivity (Wildman–Crippen MR) is 81.1 cm³/mol. The van der Waals surface area contributed by atoms with E-state index < -0.39 is 0 Å². The highest BCUT2D eigenvalue weighted by atomic mass is 19.1. The normalized spacial score (nSPS) is 20.1. The Labute approximate surface area is 121 Å². The number of halogens is 1. The maximum absolute atomic E-state index is 13.4. The van der Waals surface area contributed by atoms with Gasteiger partial charge in [-0.1, -0.05) is 12.1 Å². The summed E-state index contributed by atoms with van der Waals surface area (Å²) in [5.74, 6) is -0.186. The van der Waals surface area contributed by atoms with Crippen LogP contribution in [0.15, 0.2) is 24.3 Å². The molecule has 2 rings (SSSR count). The Morgan fingerprint density at radius 1 is 1.20 bits per heavy atom. The van der Waals surface area contributed by atoms with Gasteiger partial charge in [0.15, 0.2) is 0 Å². The van der Waals surface area contributed by atoms with E-state index >= 15 is 0 Å². The topological polar surface area (TPSA) is 32.5 Å². The summed E-state index contributed by atoms with van der Waals surface area (Å²) in [6, 6.07) is 6.94. The number of nitrogens with two attached hydrogens (primary N) is 1. The Hall–Kier alpha value is -0.970. The summed E-state index contributed by atoms with van der Waals surface area (Å²) in [5, 5.41) is 0. The molecule has 1 aliphatic rings. The first-order chi connectivity index (χ1) is 9.41. The van der Waals surface area contributed by atoms with Crippen molar-refractivity contribution in [3.8, 4) is 0 Å². The van der Waals surface area contributed by atoms with Crippen molar-refractivity contribution in [1.82, 2.24) is 9.80 Å². The van der Waals surface area contributed by atoms with Crippen LogP contribution in [0.4, 0.5) is 4.39 Å². The molecule has 20 heavy (non-hydrogen) atoms. The van der Waals surface area contributed by atoms with E-state index in [1.165, 1.54) is 6.07 Å². The Kier molecular flexibility index (Phi) is 4.78. The zero-order valence-electron chi connectivity index (χ0n) is 12.8. The van der Waals surface area contributed by atoms with Crippen molar-refractivity contribution in [2.75, 3.05) is 32.7 Å². The molecule has 0 spiro atoms. The Morgan fingerprint density at radius 2 is 1.85 bits per heavy atom. The molecular formula is C16H26FN3. The van der Waals surface area contributed by atoms with E-state index in [4.69, 9.17) is 5.73 Å². The highest BCUT2D eigenvalue weighted by Crippen LogP contribution is 2.24. The van der Waals surface area contributed by atoms with E-state index in [0.717, 1.165) is 31.7 Å². The molecule has 0 saturated carbocycles. The highest BCUT2D eigenvalue weighted by molar-refractivity contribution is 5.21. The van der Waals surface area contributed by atoms with Gasteiger partial charge >= 0.3 is 0 Å². The Balaban J connectivity index is 2.04. The summed E-state index contributed by atoms with van der Waals surface area (Å²) in [7, 11) is 0. The molecule has 1 aliphatic heterocycles. The van der Waals surface area contributed by atoms with Crippen LogP contribution in [-0.2, 0) is 0 Å². The van der Waals surface area contributed by atoms with Crippen LogP contribution in [-0.4, -0.2) is 48.1 Å². The van der Waals surface area contributed by atoms with E-state index in [1.807, 2.05) is 6.07 Å². The second kappa shape index (κ2) is 6.20. The number of nitrogens with zero attached hydrogens (tertiary/aromatic N) is 2. The molecule has 0 radical (unpaired) electrons. The molecule has 1 heterocycles. The minimum atomic E-state index is -0.186. The molecule has 4 heteroatoms. The summed E-state index contributed by atoms with van der Waals surface area (Å²) < 4.78 is 13.4. The van der Waals surface area contributed by atoms with Crippen LogP contribution in [0.25, 0.3) is 0 Å². The molecule has 0 aliphatic carbocycles. The quantitative estimate of drug-likeness (QED) is 0.921. The summed E-state index contributed by atoms with van der Waals surface area (Å²) in [6.45, 7) is 11.3. The molecule has 0 amide bonds. The summed E-state index contributed by atoms with van der Waals surface area (Å²) in [5.41, 5.74) is 7.12. The lowest BCUT2D eigenvalue weighted by Crippen LogP contribution is -2.54. The van der Waals surface area contributed by atoms with Gasteiger partial charge in [-0.3, -0.25) is 9.80 Å². The average Bonchev–Trinajstić information content (AvgIpc) is 2.39. The van der Waals surface area contributed by atoms with Gasteiger partial charge in [0.1, 0.15) is 5.82 Å². The monoisotopic (exact) mass is 279 g/mol. The largest absolute Gasteiger partial charge is 0.329 e. The van der Waals surface area contributed by atoms with Gasteiger partial charge < -0.3 is 5.73 Å². The first-order valence-corrected chi connectivity index (χ1v) is 7.36. The molecular weight excluding hydrogens is 253 g/mol. The van der Waals surface area contributed by atoms with E-state index in [-0.39, 0.29) is 17.4 Å². The van der Waals surface area contributed by atoms with Crippen molar-refractivity contribution >= 4 is 0 Å². The molecule has 2 N–H and O–H groups in total. The van der Waals surface area contributed by atoms with Crippen molar-refractivity contribution in [1.29, 1.82) is 0 Å². The van der Waals surface area contributed by atoms with Gasteiger partial charge in [0.25, 0.3) is 0 Å². The molecule has 1 aromatic carbocycles. The maximum atomic E-state index is 13.4. The predicted octanol–water partition coefficient (Wildman–Crippen LogP) is 2.24. The lowest BCUT2D eigenvalue weighted by Gasteiger charge is -2.44. The molecule has 1 fully saturated rings. The zero-order chi connectivity index (χ0) is 14.8. The SMILES string of the molecule is CC(C)(C)N1CCN(C(CN)c2cccc(F)c2)CC1. The molecule has 112 valence electrons. The van der Waals surface area contributed by atoms with Crippen LogP contribution in [0.1, 0.15) is 32.4 Å². The van der Waals surface area contributed by atoms with Crippen LogP contribution in [0, 0.1) is 5.82 Å². The van der Waals surface area contributed by atoms with Gasteiger partial charge in [-0.05, 0) is 38.5 Å². The van der Waals surface area contributed by atoms with Crippen LogP contribution >= 0.6 is 0 Å². The Bertz CT molecular complexity index is 434. The lowest BCUT2D eigenvalue weighted by molar-refractivity contribution is 0.0433. The van der Waals surface area contributed by atoms with Gasteiger partial charge in [0, 0.05) is 44.3 Å². The van der Waals surface area contributed by atoms with E-state index in [1.54, 1.807) is 12.1 Å². The summed E-state index contributed by atoms with van der Waals surface area (Å²) in [4.78, 5) is 4.86. The smallest absolute Gasteiger partial charge is 0.123 e. The average molecular weight is 279 g/mol. The molecule has 1 unspecified atom stereocenters. The molecule has 0 bridgehead atoms. The van der Waals surface area contributed by atoms with E-state index in [2.05, 4.69) is 30.6 Å². The molecule has 1 saturated heterocycles. The van der Waals surface area contributed by atoms with E-state index in [0.29, 0.717) is 6.54 Å². The zero-order valence-corrected chi connectivity index (χ0v) is 12.8. The minimum absolute atomic E-state index is 0.118. The fourth-order valence-corrected chi connectivity index (χ4v) is 2.91. The minimum Gasteiger partial charge on any atom is -0.329 e. The third-order valence-corrected chi connectivity index (χ3v) is 4.16. The van der Waals surface area contributed by atoms with E-state index in [9.17, 15) is 4.39 Å². The number of benzene rings is 1. The van der Waals surface area contributed by atoms with Crippen molar-refractivity contribution in [3.05, 3.63) is 35.6 Å². The molecule has 1 aromatic rings. The van der Waals surface area contributed by atoms with Gasteiger partial charge in [-0.2, -0.15) is 0 Å². The standard InChI is InChI=1S/C16H26FN3/c1-16(2,3)20-9-7-19(8-10-20)15(12-18)13-5-4-6-14(17)11-13/h4-6,11,15H,7-10,12,18H2,1-3H3. The van der Waals surface area contributed by atoms with Crippen LogP contribution < -0.4 is 5.73 Å². The second-order valence-corrected chi connectivity index (χ2v) is 6.50. The number of piperazine rings is 1. The first-order valence-electron chi connectivity index (χ1n) is 7.36. The molecule has 0 aromatic heterocycles. The summed E-state index contributed by atoms with van der Waals surface area (Å²) >= 11 is 0. The van der Waals surface area contributed by atoms with Gasteiger partial charge in [0.05, 0.1) is 0 Å². The van der Waals surface area contributed by atoms with Gasteiger partial charge in [-0.15, -0.1) is 0 Å². The number of hydrogen-bond acceptors (Lipinski definition) is 3. The third-order valence-electron chi connectivity index (χ3n) is 4.16. The van der Waals surface area contributed by atoms with Crippen LogP contribution in [0.5, 0.6) is 0 Å². The third kappa shape index (κ3) is 3.57. The lowest BCUT2D eigenvalue weighted by atomic mass is 10.0. The van der Waals surface area contributed by atoms with Crippen molar-refractivity contribution in [3.63, 3.8) is 0 Å². The first kappa shape index (κ1) is 15.4. The number of hydrogen-bond donors (Lipinski definition) is 1. The molecule has 1 atom stereocenters. The van der Waals surface area contributed by atoms with Crippen LogP contribution in [0.2, 0.25) is 0 Å². The van der Waals surface area contributed by atoms with Crippen molar-refractivity contribution in [2.24, 2.45) is 5.73 Å². The highest BCUT2D eigenvalue weighted by Gasteiger charge is 2.29. The van der Waals surface area contributed by atoms with Crippen molar-refractivity contribution in [2.45, 2.75) is 32.4 Å². The van der Waals surface area contributed by atoms with Gasteiger partial charge in [-0.25, -0.2) is 4.39 Å². The van der Waals surface area contributed by atoms with Gasteiger partial charge in [0.2, 0.25) is 0 Å². The Morgan fingerprint density at radius 3 is 2.35 bits per heavy atom. The van der Waals surface area contributed by atoms with Crippen molar-refractivity contribution < 1.29 is 4.39 Å². The molecule has 3 nitrogen and oxygen atoms in total. The fraction of sp³-hybridized carbons (Fsp3) is 0.625. The fourth-order valence-electron chi connectivity index (χ4n) is 2.91. The maximum Gasteiger partial charge on any atom is 0.123 e. The summed E-state index contributed by atoms with van der Waals surface area (Å²) in [6.07, 6.45) is 0. The second-order valence-electron chi connectivity index (χ2n) is 6.50.